The molecule has 0 amide bonds. The average molecular weight is 345 g/mol. The zero-order valence-corrected chi connectivity index (χ0v) is 14.6. The van der Waals surface area contributed by atoms with Crippen LogP contribution in [0.15, 0.2) is 18.5 Å². The van der Waals surface area contributed by atoms with E-state index in [0.29, 0.717) is 25.2 Å². The number of pyridine rings is 1. The lowest BCUT2D eigenvalue weighted by Gasteiger charge is -2.14. The topological polar surface area (TPSA) is 83.9 Å². The largest absolute Gasteiger partial charge is 0.389 e. The van der Waals surface area contributed by atoms with Crippen LogP contribution in [0.25, 0.3) is 16.6 Å². The molecule has 0 radical (unpaired) electrons. The maximum absolute atomic E-state index is 13.5. The van der Waals surface area contributed by atoms with Gasteiger partial charge in [-0.1, -0.05) is 0 Å². The second-order valence-electron chi connectivity index (χ2n) is 6.50. The number of alkyl halides is 1. The highest BCUT2D eigenvalue weighted by atomic mass is 19.1. The summed E-state index contributed by atoms with van der Waals surface area (Å²) in [5, 5.41) is 19.0. The summed E-state index contributed by atoms with van der Waals surface area (Å²) in [6, 6.07) is 1.96. The summed E-state index contributed by atoms with van der Waals surface area (Å²) in [7, 11) is 4.03. The quantitative estimate of drug-likeness (QED) is 0.525. The Kier molecular flexibility index (Phi) is 5.28. The highest BCUT2D eigenvalue weighted by Gasteiger charge is 2.25. The monoisotopic (exact) mass is 345 g/mol. The van der Waals surface area contributed by atoms with Crippen molar-refractivity contribution < 1.29 is 4.39 Å². The minimum Gasteiger partial charge on any atom is -0.389 e. The Morgan fingerprint density at radius 2 is 2.40 bits per heavy atom. The Labute approximate surface area is 146 Å². The number of aromatic amines is 1. The van der Waals surface area contributed by atoms with Crippen molar-refractivity contribution >= 4 is 28.6 Å². The maximum atomic E-state index is 13.5. The molecule has 1 atom stereocenters. The van der Waals surface area contributed by atoms with Crippen LogP contribution in [0.4, 0.5) is 10.2 Å². The molecule has 0 spiro atoms. The average Bonchev–Trinajstić information content (AvgIpc) is 3.20. The van der Waals surface area contributed by atoms with Crippen LogP contribution in [0.3, 0.4) is 0 Å². The van der Waals surface area contributed by atoms with E-state index in [-0.39, 0.29) is 0 Å². The highest BCUT2D eigenvalue weighted by Crippen LogP contribution is 2.28. The summed E-state index contributed by atoms with van der Waals surface area (Å²) in [6.07, 6.45) is 4.58. The van der Waals surface area contributed by atoms with Gasteiger partial charge >= 0.3 is 0 Å². The van der Waals surface area contributed by atoms with Gasteiger partial charge in [0.2, 0.25) is 0 Å². The van der Waals surface area contributed by atoms with Crippen LogP contribution in [0, 0.1) is 5.41 Å². The molecule has 1 aliphatic heterocycles. The van der Waals surface area contributed by atoms with Crippen molar-refractivity contribution in [3.05, 3.63) is 24.0 Å². The summed E-state index contributed by atoms with van der Waals surface area (Å²) >= 11 is 0. The number of fused-ring (bicyclic) bond motifs is 1. The van der Waals surface area contributed by atoms with Gasteiger partial charge in [0.25, 0.3) is 0 Å². The zero-order chi connectivity index (χ0) is 17.8. The van der Waals surface area contributed by atoms with Gasteiger partial charge in [0.15, 0.2) is 11.5 Å². The van der Waals surface area contributed by atoms with Gasteiger partial charge in [-0.3, -0.25) is 5.10 Å². The van der Waals surface area contributed by atoms with Crippen molar-refractivity contribution in [3.8, 4) is 0 Å². The molecule has 1 saturated heterocycles. The number of likely N-dealkylation sites (N-methyl/N-ethyl adjacent to an activating group) is 1. The molecule has 3 rings (SSSR count). The maximum Gasteiger partial charge on any atom is 0.160 e. The van der Waals surface area contributed by atoms with Crippen LogP contribution >= 0.6 is 0 Å². The van der Waals surface area contributed by atoms with E-state index in [1.165, 1.54) is 6.21 Å². The molecule has 8 heteroatoms. The summed E-state index contributed by atoms with van der Waals surface area (Å²) in [5.41, 5.74) is 2.24. The van der Waals surface area contributed by atoms with Crippen molar-refractivity contribution in [1.29, 1.82) is 5.41 Å². The zero-order valence-electron chi connectivity index (χ0n) is 14.6. The summed E-state index contributed by atoms with van der Waals surface area (Å²) in [6.45, 7) is 2.72. The molecule has 2 aromatic rings. The van der Waals surface area contributed by atoms with Crippen molar-refractivity contribution in [2.45, 2.75) is 12.6 Å². The third kappa shape index (κ3) is 3.96. The van der Waals surface area contributed by atoms with Crippen LogP contribution < -0.4 is 10.2 Å². The third-order valence-electron chi connectivity index (χ3n) is 4.28. The lowest BCUT2D eigenvalue weighted by molar-refractivity contribution is 0.364. The molecule has 25 heavy (non-hydrogen) atoms. The van der Waals surface area contributed by atoms with Crippen molar-refractivity contribution in [1.82, 2.24) is 25.4 Å². The number of halogens is 1. The molecule has 3 N–H and O–H groups in total. The van der Waals surface area contributed by atoms with E-state index >= 15 is 0 Å². The first kappa shape index (κ1) is 17.3. The van der Waals surface area contributed by atoms with Crippen LogP contribution in [-0.4, -0.2) is 72.7 Å². The summed E-state index contributed by atoms with van der Waals surface area (Å²) in [4.78, 5) is 8.43. The second kappa shape index (κ2) is 7.60. The minimum absolute atomic E-state index is 0.365. The van der Waals surface area contributed by atoms with E-state index in [0.717, 1.165) is 35.4 Å². The van der Waals surface area contributed by atoms with Crippen molar-refractivity contribution in [3.63, 3.8) is 0 Å². The summed E-state index contributed by atoms with van der Waals surface area (Å²) < 4.78 is 13.5. The molecule has 0 saturated carbocycles. The van der Waals surface area contributed by atoms with Gasteiger partial charge < -0.3 is 20.5 Å². The predicted octanol–water partition coefficient (Wildman–Crippen LogP) is 1.65. The van der Waals surface area contributed by atoms with Gasteiger partial charge in [0, 0.05) is 49.4 Å². The molecule has 0 aliphatic carbocycles. The van der Waals surface area contributed by atoms with E-state index in [9.17, 15) is 4.39 Å². The lowest BCUT2D eigenvalue weighted by atomic mass is 10.1. The fourth-order valence-electron chi connectivity index (χ4n) is 2.88. The first-order chi connectivity index (χ1) is 12.1. The fraction of sp³-hybridized carbons (Fsp3) is 0.471. The number of hydrogen-bond acceptors (Lipinski definition) is 6. The Bertz CT molecular complexity index is 767. The SMILES string of the molecule is CN(C)CCN/C=C(\C=N)c1cnc2[nH]nc(N3CCC(F)C3)c2c1. The molecule has 134 valence electrons. The smallest absolute Gasteiger partial charge is 0.160 e. The first-order valence-electron chi connectivity index (χ1n) is 8.40. The van der Waals surface area contributed by atoms with Gasteiger partial charge in [-0.25, -0.2) is 9.37 Å². The molecule has 1 aliphatic rings. The van der Waals surface area contributed by atoms with Crippen LogP contribution in [0.5, 0.6) is 0 Å². The van der Waals surface area contributed by atoms with Gasteiger partial charge in [-0.15, -0.1) is 0 Å². The normalized spacial score (nSPS) is 18.3. The molecule has 1 fully saturated rings. The third-order valence-corrected chi connectivity index (χ3v) is 4.28. The Hall–Kier alpha value is -2.48. The summed E-state index contributed by atoms with van der Waals surface area (Å²) in [5.74, 6) is 0.731. The van der Waals surface area contributed by atoms with Crippen LogP contribution in [0.1, 0.15) is 12.0 Å². The molecule has 7 nitrogen and oxygen atoms in total. The van der Waals surface area contributed by atoms with Crippen LogP contribution in [0.2, 0.25) is 0 Å². The van der Waals surface area contributed by atoms with Crippen molar-refractivity contribution in [2.24, 2.45) is 0 Å². The first-order valence-corrected chi connectivity index (χ1v) is 8.40. The highest BCUT2D eigenvalue weighted by molar-refractivity contribution is 6.09. The Morgan fingerprint density at radius 1 is 1.56 bits per heavy atom. The predicted molar refractivity (Wildman–Crippen MR) is 98.9 cm³/mol. The number of anilines is 1. The van der Waals surface area contributed by atoms with E-state index in [1.807, 2.05) is 31.3 Å². The number of rotatable bonds is 7. The number of hydrogen-bond donors (Lipinski definition) is 3. The number of allylic oxidation sites excluding steroid dienone is 1. The second-order valence-corrected chi connectivity index (χ2v) is 6.50. The molecule has 0 bridgehead atoms. The van der Waals surface area contributed by atoms with Gasteiger partial charge in [0.1, 0.15) is 6.17 Å². The van der Waals surface area contributed by atoms with E-state index in [4.69, 9.17) is 5.41 Å². The van der Waals surface area contributed by atoms with Gasteiger partial charge in [-0.05, 0) is 26.6 Å². The number of nitrogens with zero attached hydrogens (tertiary/aromatic N) is 4. The van der Waals surface area contributed by atoms with Crippen LogP contribution in [-0.2, 0) is 0 Å². The molecule has 2 aromatic heterocycles. The van der Waals surface area contributed by atoms with E-state index in [2.05, 4.69) is 25.4 Å². The van der Waals surface area contributed by atoms with E-state index < -0.39 is 6.17 Å². The fourth-order valence-corrected chi connectivity index (χ4v) is 2.88. The minimum atomic E-state index is -0.805. The number of aromatic nitrogens is 3. The number of H-pyrrole nitrogens is 1. The standard InChI is InChI=1S/C17H24FN7/c1-24(2)6-4-20-9-13(8-19)12-7-15-16(21-10-12)22-23-17(15)25-5-3-14(18)11-25/h7-10,14,19-20H,3-6,11H2,1-2H3,(H,21,22,23)/b13-9+,19-8?. The molecular weight excluding hydrogens is 321 g/mol. The van der Waals surface area contributed by atoms with Crippen molar-refractivity contribution in [2.75, 3.05) is 45.2 Å². The molecule has 1 unspecified atom stereocenters. The molecule has 3 heterocycles. The molecule has 0 aromatic carbocycles. The Balaban J connectivity index is 1.83. The van der Waals surface area contributed by atoms with Gasteiger partial charge in [0.05, 0.1) is 11.9 Å². The lowest BCUT2D eigenvalue weighted by Crippen LogP contribution is -2.23. The van der Waals surface area contributed by atoms with E-state index in [1.54, 1.807) is 6.20 Å². The molecular formula is C17H24FN7. The number of nitrogens with one attached hydrogen (secondary N) is 3. The Morgan fingerprint density at radius 3 is 3.08 bits per heavy atom. The van der Waals surface area contributed by atoms with Gasteiger partial charge in [-0.2, -0.15) is 5.10 Å².